The van der Waals surface area contributed by atoms with E-state index in [1.54, 1.807) is 0 Å². The first-order chi connectivity index (χ1) is 22.3. The first kappa shape index (κ1) is 45.0. The summed E-state index contributed by atoms with van der Waals surface area (Å²) in [5.41, 5.74) is 5.32. The number of hydrogen-bond acceptors (Lipinski definition) is 8. The van der Waals surface area contributed by atoms with Gasteiger partial charge >= 0.3 is 19.8 Å². The van der Waals surface area contributed by atoms with Crippen molar-refractivity contribution in [3.63, 3.8) is 0 Å². The van der Waals surface area contributed by atoms with Crippen LogP contribution in [0.1, 0.15) is 187 Å². The number of hydrogen-bond donors (Lipinski definition) is 2. The molecule has 0 aromatic carbocycles. The summed E-state index contributed by atoms with van der Waals surface area (Å²) in [5, 5.41) is 0. The van der Waals surface area contributed by atoms with Gasteiger partial charge in [-0.2, -0.15) is 0 Å². The Labute approximate surface area is 282 Å². The summed E-state index contributed by atoms with van der Waals surface area (Å²) < 4.78 is 32.6. The maximum atomic E-state index is 12.5. The van der Waals surface area contributed by atoms with E-state index in [2.05, 4.69) is 13.8 Å². The number of ether oxygens (including phenoxy) is 2. The summed E-state index contributed by atoms with van der Waals surface area (Å²) in [4.78, 5) is 34.6. The van der Waals surface area contributed by atoms with Crippen molar-refractivity contribution >= 4 is 19.8 Å². The molecule has 0 saturated carbocycles. The smallest absolute Gasteiger partial charge is 0.462 e. The Morgan fingerprint density at radius 1 is 0.565 bits per heavy atom. The monoisotopic (exact) mass is 677 g/mol. The summed E-state index contributed by atoms with van der Waals surface area (Å²) in [6, 6.07) is 0. The number of rotatable bonds is 36. The third-order valence-electron chi connectivity index (χ3n) is 8.24. The van der Waals surface area contributed by atoms with Crippen LogP contribution in [0.3, 0.4) is 0 Å². The second-order valence-corrected chi connectivity index (χ2v) is 14.3. The second-order valence-electron chi connectivity index (χ2n) is 12.8. The maximum absolute atomic E-state index is 12.5. The van der Waals surface area contributed by atoms with Crippen molar-refractivity contribution in [2.45, 2.75) is 193 Å². The molecule has 10 heteroatoms. The molecule has 0 radical (unpaired) electrons. The quantitative estimate of drug-likeness (QED) is 0.0377. The van der Waals surface area contributed by atoms with Crippen molar-refractivity contribution in [2.24, 2.45) is 5.73 Å². The van der Waals surface area contributed by atoms with Crippen LogP contribution in [0.2, 0.25) is 0 Å². The van der Waals surface area contributed by atoms with Gasteiger partial charge in [0.2, 0.25) is 0 Å². The van der Waals surface area contributed by atoms with Gasteiger partial charge in [0, 0.05) is 19.4 Å². The van der Waals surface area contributed by atoms with Crippen LogP contribution in [0.15, 0.2) is 0 Å². The minimum atomic E-state index is -4.36. The van der Waals surface area contributed by atoms with Gasteiger partial charge in [-0.25, -0.2) is 4.57 Å². The van der Waals surface area contributed by atoms with E-state index < -0.39 is 26.5 Å². The van der Waals surface area contributed by atoms with Crippen molar-refractivity contribution in [2.75, 3.05) is 26.4 Å². The van der Waals surface area contributed by atoms with Crippen LogP contribution in [0, 0.1) is 0 Å². The van der Waals surface area contributed by atoms with Crippen LogP contribution in [0.4, 0.5) is 0 Å². The zero-order valence-electron chi connectivity index (χ0n) is 29.8. The number of phosphoric acid groups is 1. The molecule has 9 nitrogen and oxygen atoms in total. The van der Waals surface area contributed by atoms with Crippen molar-refractivity contribution in [3.8, 4) is 0 Å². The fourth-order valence-electron chi connectivity index (χ4n) is 5.40. The molecule has 0 bridgehead atoms. The molecule has 0 aliphatic heterocycles. The molecule has 0 fully saturated rings. The molecule has 0 aliphatic rings. The molecule has 0 aromatic heterocycles. The van der Waals surface area contributed by atoms with Crippen LogP contribution < -0.4 is 5.73 Å². The molecule has 0 heterocycles. The Kier molecular flexibility index (Phi) is 33.2. The number of carbonyl (C=O) groups is 2. The molecule has 0 amide bonds. The molecule has 0 rings (SSSR count). The molecule has 0 aliphatic carbocycles. The van der Waals surface area contributed by atoms with Crippen LogP contribution in [-0.4, -0.2) is 49.3 Å². The zero-order chi connectivity index (χ0) is 34.0. The van der Waals surface area contributed by atoms with Gasteiger partial charge in [-0.1, -0.05) is 162 Å². The molecule has 3 N–H and O–H groups in total. The van der Waals surface area contributed by atoms with Gasteiger partial charge in [-0.15, -0.1) is 0 Å². The molecule has 0 saturated heterocycles. The summed E-state index contributed by atoms with van der Waals surface area (Å²) >= 11 is 0. The SMILES string of the molecule is CCCCCCCCCCCCCCCCCC(=O)OC[C@@H](COP(=O)(O)OCCN)OC(=O)CCCCCCCCCCCC. The lowest BCUT2D eigenvalue weighted by Crippen LogP contribution is -2.29. The molecular formula is C36H72NO8P. The van der Waals surface area contributed by atoms with Crippen LogP contribution in [0.25, 0.3) is 0 Å². The number of esters is 2. The molecular weight excluding hydrogens is 605 g/mol. The fourth-order valence-corrected chi connectivity index (χ4v) is 6.16. The molecule has 0 spiro atoms. The summed E-state index contributed by atoms with van der Waals surface area (Å²) in [6.45, 7) is 3.73. The first-order valence-corrected chi connectivity index (χ1v) is 20.5. The normalized spacial score (nSPS) is 13.4. The Balaban J connectivity index is 4.15. The third-order valence-corrected chi connectivity index (χ3v) is 9.23. The summed E-state index contributed by atoms with van der Waals surface area (Å²) in [7, 11) is -4.36. The average molecular weight is 678 g/mol. The van der Waals surface area contributed by atoms with Crippen molar-refractivity contribution in [1.29, 1.82) is 0 Å². The second kappa shape index (κ2) is 33.9. The summed E-state index contributed by atoms with van der Waals surface area (Å²) in [6.07, 6.45) is 29.9. The fraction of sp³-hybridized carbons (Fsp3) is 0.944. The highest BCUT2D eigenvalue weighted by Gasteiger charge is 2.25. The van der Waals surface area contributed by atoms with Gasteiger partial charge in [0.25, 0.3) is 0 Å². The van der Waals surface area contributed by atoms with E-state index in [1.165, 1.54) is 122 Å². The molecule has 0 aromatic rings. The minimum Gasteiger partial charge on any atom is -0.462 e. The zero-order valence-corrected chi connectivity index (χ0v) is 30.7. The number of phosphoric ester groups is 1. The average Bonchev–Trinajstić information content (AvgIpc) is 3.04. The lowest BCUT2D eigenvalue weighted by molar-refractivity contribution is -0.161. The van der Waals surface area contributed by atoms with E-state index in [4.69, 9.17) is 24.3 Å². The Bertz CT molecular complexity index is 739. The van der Waals surface area contributed by atoms with Gasteiger partial charge in [-0.3, -0.25) is 18.6 Å². The van der Waals surface area contributed by atoms with Gasteiger partial charge in [0.05, 0.1) is 13.2 Å². The Morgan fingerprint density at radius 2 is 0.935 bits per heavy atom. The maximum Gasteiger partial charge on any atom is 0.472 e. The molecule has 1 unspecified atom stereocenters. The number of unbranched alkanes of at least 4 members (excludes halogenated alkanes) is 23. The number of nitrogens with two attached hydrogens (primary N) is 1. The van der Waals surface area contributed by atoms with Gasteiger partial charge in [-0.05, 0) is 12.8 Å². The van der Waals surface area contributed by atoms with Crippen LogP contribution in [0.5, 0.6) is 0 Å². The predicted molar refractivity (Wildman–Crippen MR) is 188 cm³/mol. The van der Waals surface area contributed by atoms with Gasteiger partial charge < -0.3 is 20.1 Å². The summed E-state index contributed by atoms with van der Waals surface area (Å²) in [5.74, 6) is -0.820. The third kappa shape index (κ3) is 32.9. The van der Waals surface area contributed by atoms with Gasteiger partial charge in [0.1, 0.15) is 6.61 Å². The van der Waals surface area contributed by atoms with E-state index in [9.17, 15) is 19.0 Å². The van der Waals surface area contributed by atoms with E-state index in [0.29, 0.717) is 6.42 Å². The van der Waals surface area contributed by atoms with Gasteiger partial charge in [0.15, 0.2) is 6.10 Å². The highest BCUT2D eigenvalue weighted by atomic mass is 31.2. The lowest BCUT2D eigenvalue weighted by Gasteiger charge is -2.19. The van der Waals surface area contributed by atoms with E-state index in [-0.39, 0.29) is 38.6 Å². The lowest BCUT2D eigenvalue weighted by atomic mass is 10.0. The van der Waals surface area contributed by atoms with E-state index in [0.717, 1.165) is 32.1 Å². The Morgan fingerprint density at radius 3 is 1.33 bits per heavy atom. The van der Waals surface area contributed by atoms with Crippen LogP contribution >= 0.6 is 7.82 Å². The number of carbonyl (C=O) groups excluding carboxylic acids is 2. The molecule has 274 valence electrons. The highest BCUT2D eigenvalue weighted by molar-refractivity contribution is 7.47. The van der Waals surface area contributed by atoms with Crippen molar-refractivity contribution in [3.05, 3.63) is 0 Å². The first-order valence-electron chi connectivity index (χ1n) is 19.0. The van der Waals surface area contributed by atoms with Crippen molar-refractivity contribution < 1.29 is 37.6 Å². The van der Waals surface area contributed by atoms with E-state index >= 15 is 0 Å². The minimum absolute atomic E-state index is 0.0576. The predicted octanol–water partition coefficient (Wildman–Crippen LogP) is 10.1. The Hall–Kier alpha value is -0.990. The standard InChI is InChI=1S/C36H72NO8P/c1-3-5-7-9-11-13-15-16-17-18-19-21-22-24-26-28-35(38)42-32-34(33-44-46(40,41)43-31-30-37)45-36(39)29-27-25-23-20-14-12-10-8-6-4-2/h34H,3-33,37H2,1-2H3,(H,40,41)/t34-/m0/s1. The highest BCUT2D eigenvalue weighted by Crippen LogP contribution is 2.43. The molecule has 46 heavy (non-hydrogen) atoms. The van der Waals surface area contributed by atoms with Crippen molar-refractivity contribution in [1.82, 2.24) is 0 Å². The van der Waals surface area contributed by atoms with Crippen LogP contribution in [-0.2, 0) is 32.7 Å². The largest absolute Gasteiger partial charge is 0.472 e. The topological polar surface area (TPSA) is 134 Å². The molecule has 2 atom stereocenters. The van der Waals surface area contributed by atoms with E-state index in [1.807, 2.05) is 0 Å².